The number of hydrogen-bond acceptors (Lipinski definition) is 3. The molecule has 1 aliphatic rings. The number of esters is 1. The van der Waals surface area contributed by atoms with Crippen molar-refractivity contribution < 1.29 is 14.3 Å². The Bertz CT molecular complexity index is 956. The van der Waals surface area contributed by atoms with Crippen LogP contribution in [0.5, 0.6) is 5.75 Å². The third-order valence-corrected chi connectivity index (χ3v) is 4.92. The van der Waals surface area contributed by atoms with E-state index in [-0.39, 0.29) is 5.97 Å². The zero-order valence-corrected chi connectivity index (χ0v) is 14.0. The predicted octanol–water partition coefficient (Wildman–Crippen LogP) is 4.40. The van der Waals surface area contributed by atoms with Crippen LogP contribution in [-0.2, 0) is 22.4 Å². The normalized spacial score (nSPS) is 12.2. The van der Waals surface area contributed by atoms with Crippen molar-refractivity contribution in [3.8, 4) is 5.75 Å². The van der Waals surface area contributed by atoms with Crippen LogP contribution in [0, 0.1) is 0 Å². The van der Waals surface area contributed by atoms with Crippen LogP contribution >= 0.6 is 0 Å². The second-order valence-electron chi connectivity index (χ2n) is 6.41. The minimum absolute atomic E-state index is 0.137. The molecule has 122 valence electrons. The lowest BCUT2D eigenvalue weighted by atomic mass is 9.98. The van der Waals surface area contributed by atoms with Crippen molar-refractivity contribution in [3.05, 3.63) is 53.1 Å². The molecule has 0 amide bonds. The van der Waals surface area contributed by atoms with E-state index < -0.39 is 0 Å². The minimum Gasteiger partial charge on any atom is -0.497 e. The van der Waals surface area contributed by atoms with Gasteiger partial charge in [-0.15, -0.1) is 0 Å². The summed E-state index contributed by atoms with van der Waals surface area (Å²) in [5.74, 6) is 0.782. The van der Waals surface area contributed by atoms with Crippen molar-refractivity contribution >= 4 is 27.5 Å². The van der Waals surface area contributed by atoms with Crippen molar-refractivity contribution in [1.82, 2.24) is 0 Å². The SMILES string of the molecule is COC(=O)CCCc1cc2c3c(ccc4cc(OC)cc(c43)C2)c1. The molecule has 3 heteroatoms. The quantitative estimate of drug-likeness (QED) is 0.404. The van der Waals surface area contributed by atoms with Crippen LogP contribution in [0.1, 0.15) is 29.5 Å². The number of methoxy groups -OCH3 is 2. The van der Waals surface area contributed by atoms with Gasteiger partial charge in [0.25, 0.3) is 0 Å². The maximum absolute atomic E-state index is 11.3. The van der Waals surface area contributed by atoms with Crippen molar-refractivity contribution in [2.75, 3.05) is 14.2 Å². The van der Waals surface area contributed by atoms with Gasteiger partial charge in [-0.25, -0.2) is 0 Å². The fraction of sp³-hybridized carbons (Fsp3) is 0.286. The highest BCUT2D eigenvalue weighted by atomic mass is 16.5. The zero-order valence-electron chi connectivity index (χ0n) is 14.0. The molecule has 0 saturated heterocycles. The van der Waals surface area contributed by atoms with Gasteiger partial charge >= 0.3 is 5.97 Å². The molecule has 0 bridgehead atoms. The summed E-state index contributed by atoms with van der Waals surface area (Å²) >= 11 is 0. The second-order valence-corrected chi connectivity index (χ2v) is 6.41. The van der Waals surface area contributed by atoms with Gasteiger partial charge in [0, 0.05) is 6.42 Å². The van der Waals surface area contributed by atoms with E-state index in [1.807, 2.05) is 0 Å². The Hall–Kier alpha value is -2.55. The molecule has 24 heavy (non-hydrogen) atoms. The summed E-state index contributed by atoms with van der Waals surface area (Å²) < 4.78 is 10.2. The first-order valence-corrected chi connectivity index (χ1v) is 8.31. The molecule has 0 N–H and O–H groups in total. The van der Waals surface area contributed by atoms with Crippen molar-refractivity contribution in [2.45, 2.75) is 25.7 Å². The first-order chi connectivity index (χ1) is 11.7. The number of rotatable bonds is 5. The molecule has 3 aromatic carbocycles. The zero-order chi connectivity index (χ0) is 16.7. The molecular weight excluding hydrogens is 300 g/mol. The molecule has 0 heterocycles. The maximum Gasteiger partial charge on any atom is 0.305 e. The average molecular weight is 320 g/mol. The van der Waals surface area contributed by atoms with E-state index in [0.29, 0.717) is 6.42 Å². The molecule has 0 radical (unpaired) electrons. The van der Waals surface area contributed by atoms with Gasteiger partial charge in [0.15, 0.2) is 0 Å². The number of carbonyl (C=O) groups is 1. The monoisotopic (exact) mass is 320 g/mol. The number of aryl methyl sites for hydroxylation is 1. The summed E-state index contributed by atoms with van der Waals surface area (Å²) in [6.45, 7) is 0. The molecule has 0 fully saturated rings. The topological polar surface area (TPSA) is 35.5 Å². The van der Waals surface area contributed by atoms with Gasteiger partial charge < -0.3 is 9.47 Å². The van der Waals surface area contributed by atoms with Crippen molar-refractivity contribution in [1.29, 1.82) is 0 Å². The van der Waals surface area contributed by atoms with Crippen LogP contribution < -0.4 is 4.74 Å². The first kappa shape index (κ1) is 15.0. The van der Waals surface area contributed by atoms with Crippen molar-refractivity contribution in [2.24, 2.45) is 0 Å². The summed E-state index contributed by atoms with van der Waals surface area (Å²) in [5.41, 5.74) is 4.02. The number of benzene rings is 3. The van der Waals surface area contributed by atoms with Gasteiger partial charge in [0.1, 0.15) is 5.75 Å². The van der Waals surface area contributed by atoms with Crippen LogP contribution in [0.3, 0.4) is 0 Å². The number of ether oxygens (including phenoxy) is 2. The summed E-state index contributed by atoms with van der Waals surface area (Å²) in [5, 5.41) is 5.28. The van der Waals surface area contributed by atoms with Gasteiger partial charge in [0.2, 0.25) is 0 Å². The van der Waals surface area contributed by atoms with E-state index >= 15 is 0 Å². The Morgan fingerprint density at radius 2 is 1.71 bits per heavy atom. The van der Waals surface area contributed by atoms with E-state index in [1.54, 1.807) is 7.11 Å². The summed E-state index contributed by atoms with van der Waals surface area (Å²) in [7, 11) is 3.16. The highest BCUT2D eigenvalue weighted by Gasteiger charge is 2.19. The standard InChI is InChI=1S/C21H20O3/c1-23-18-11-15-7-6-14-8-13(4-3-5-19(22)24-2)9-16-10-17(12-18)21(15)20(14)16/h6-9,11-12H,3-5,10H2,1-2H3. The first-order valence-electron chi connectivity index (χ1n) is 8.31. The van der Waals surface area contributed by atoms with E-state index in [9.17, 15) is 4.79 Å². The predicted molar refractivity (Wildman–Crippen MR) is 95.8 cm³/mol. The van der Waals surface area contributed by atoms with Gasteiger partial charge in [-0.2, -0.15) is 0 Å². The highest BCUT2D eigenvalue weighted by molar-refractivity contribution is 6.13. The van der Waals surface area contributed by atoms with Gasteiger partial charge in [0.05, 0.1) is 14.2 Å². The Morgan fingerprint density at radius 1 is 1.00 bits per heavy atom. The fourth-order valence-electron chi connectivity index (χ4n) is 3.83. The summed E-state index contributed by atoms with van der Waals surface area (Å²) in [6, 6.07) is 13.2. The molecular formula is C21H20O3. The second kappa shape index (κ2) is 5.82. The summed E-state index contributed by atoms with van der Waals surface area (Å²) in [4.78, 5) is 11.3. The Labute approximate surface area is 141 Å². The average Bonchev–Trinajstić information content (AvgIpc) is 2.97. The lowest BCUT2D eigenvalue weighted by molar-refractivity contribution is -0.140. The molecule has 4 rings (SSSR count). The van der Waals surface area contributed by atoms with Crippen LogP contribution in [0.25, 0.3) is 21.5 Å². The molecule has 0 aromatic heterocycles. The van der Waals surface area contributed by atoms with E-state index in [4.69, 9.17) is 9.47 Å². The largest absolute Gasteiger partial charge is 0.497 e. The van der Waals surface area contributed by atoms with E-state index in [1.165, 1.54) is 45.3 Å². The van der Waals surface area contributed by atoms with Gasteiger partial charge in [-0.05, 0) is 69.6 Å². The lowest BCUT2D eigenvalue weighted by Gasteiger charge is -2.08. The summed E-state index contributed by atoms with van der Waals surface area (Å²) in [6.07, 6.45) is 3.14. The third kappa shape index (κ3) is 2.41. The molecule has 0 saturated carbocycles. The molecule has 3 nitrogen and oxygen atoms in total. The fourth-order valence-corrected chi connectivity index (χ4v) is 3.83. The molecule has 0 spiro atoms. The lowest BCUT2D eigenvalue weighted by Crippen LogP contribution is -2.00. The van der Waals surface area contributed by atoms with Crippen molar-refractivity contribution in [3.63, 3.8) is 0 Å². The smallest absolute Gasteiger partial charge is 0.305 e. The van der Waals surface area contributed by atoms with Crippen LogP contribution in [0.15, 0.2) is 36.4 Å². The molecule has 0 unspecified atom stereocenters. The molecule has 3 aromatic rings. The molecule has 0 atom stereocenters. The van der Waals surface area contributed by atoms with Gasteiger partial charge in [-0.1, -0.05) is 24.3 Å². The Morgan fingerprint density at radius 3 is 2.42 bits per heavy atom. The number of hydrogen-bond donors (Lipinski definition) is 0. The van der Waals surface area contributed by atoms with Gasteiger partial charge in [-0.3, -0.25) is 4.79 Å². The Balaban J connectivity index is 1.72. The molecule has 1 aliphatic carbocycles. The van der Waals surface area contributed by atoms with Crippen LogP contribution in [-0.4, -0.2) is 20.2 Å². The van der Waals surface area contributed by atoms with E-state index in [2.05, 4.69) is 36.4 Å². The highest BCUT2D eigenvalue weighted by Crippen LogP contribution is 2.41. The van der Waals surface area contributed by atoms with E-state index in [0.717, 1.165) is 25.0 Å². The number of carbonyl (C=O) groups excluding carboxylic acids is 1. The van der Waals surface area contributed by atoms with Crippen LogP contribution in [0.2, 0.25) is 0 Å². The third-order valence-electron chi connectivity index (χ3n) is 4.92. The minimum atomic E-state index is -0.137. The molecule has 0 aliphatic heterocycles. The Kier molecular flexibility index (Phi) is 3.64. The van der Waals surface area contributed by atoms with Crippen LogP contribution in [0.4, 0.5) is 0 Å². The maximum atomic E-state index is 11.3.